The Hall–Kier alpha value is -2.42. The van der Waals surface area contributed by atoms with Crippen molar-refractivity contribution in [3.05, 3.63) is 24.1 Å². The van der Waals surface area contributed by atoms with Crippen LogP contribution in [0.15, 0.2) is 16.9 Å². The summed E-state index contributed by atoms with van der Waals surface area (Å²) in [5.41, 5.74) is 0.872. The third-order valence-electron chi connectivity index (χ3n) is 4.67. The van der Waals surface area contributed by atoms with Crippen LogP contribution >= 0.6 is 0 Å². The number of carbonyl (C=O) groups is 1. The third-order valence-corrected chi connectivity index (χ3v) is 4.67. The number of likely N-dealkylation sites (tertiary alicyclic amines) is 1. The molecule has 2 saturated heterocycles. The van der Waals surface area contributed by atoms with Crippen LogP contribution in [0.3, 0.4) is 0 Å². The zero-order valence-electron chi connectivity index (χ0n) is 13.9. The van der Waals surface area contributed by atoms with Crippen LogP contribution in [-0.4, -0.2) is 69.0 Å². The van der Waals surface area contributed by atoms with E-state index in [0.29, 0.717) is 18.5 Å². The molecule has 24 heavy (non-hydrogen) atoms. The highest BCUT2D eigenvalue weighted by Crippen LogP contribution is 2.25. The molecule has 0 saturated carbocycles. The number of carbonyl (C=O) groups excluding carboxylic acids is 1. The fourth-order valence-corrected chi connectivity index (χ4v) is 3.33. The number of aromatic nitrogens is 4. The van der Waals surface area contributed by atoms with Gasteiger partial charge in [-0.25, -0.2) is 4.79 Å². The van der Waals surface area contributed by atoms with Crippen molar-refractivity contribution < 1.29 is 9.32 Å². The van der Waals surface area contributed by atoms with Gasteiger partial charge < -0.3 is 9.42 Å². The minimum Gasteiger partial charge on any atom is -0.340 e. The molecule has 9 nitrogen and oxygen atoms in total. The Kier molecular flexibility index (Phi) is 3.72. The van der Waals surface area contributed by atoms with E-state index in [2.05, 4.69) is 20.1 Å². The zero-order chi connectivity index (χ0) is 16.7. The minimum absolute atomic E-state index is 0.0371. The second-order valence-corrected chi connectivity index (χ2v) is 6.44. The van der Waals surface area contributed by atoms with Crippen LogP contribution in [0.25, 0.3) is 0 Å². The highest BCUT2D eigenvalue weighted by atomic mass is 16.5. The predicted molar refractivity (Wildman–Crippen MR) is 85.6 cm³/mol. The van der Waals surface area contributed by atoms with E-state index in [9.17, 15) is 4.79 Å². The lowest BCUT2D eigenvalue weighted by Gasteiger charge is -2.15. The molecule has 0 aliphatic carbocycles. The van der Waals surface area contributed by atoms with Crippen molar-refractivity contribution in [3.63, 3.8) is 0 Å². The molecule has 9 heteroatoms. The van der Waals surface area contributed by atoms with Gasteiger partial charge in [0.05, 0.1) is 24.5 Å². The van der Waals surface area contributed by atoms with Gasteiger partial charge in [-0.05, 0) is 6.42 Å². The van der Waals surface area contributed by atoms with Crippen molar-refractivity contribution >= 4 is 11.7 Å². The maximum absolute atomic E-state index is 12.1. The summed E-state index contributed by atoms with van der Waals surface area (Å²) in [6.07, 6.45) is 4.78. The Morgan fingerprint density at radius 3 is 2.92 bits per heavy atom. The van der Waals surface area contributed by atoms with E-state index in [4.69, 9.17) is 4.52 Å². The lowest BCUT2D eigenvalue weighted by atomic mass is 10.3. The normalized spacial score (nSPS) is 22.1. The van der Waals surface area contributed by atoms with Gasteiger partial charge in [0, 0.05) is 46.3 Å². The first-order valence-electron chi connectivity index (χ1n) is 8.18. The Bertz CT molecular complexity index is 740. The summed E-state index contributed by atoms with van der Waals surface area (Å²) in [5, 5.41) is 8.43. The maximum Gasteiger partial charge on any atom is 0.324 e. The van der Waals surface area contributed by atoms with E-state index < -0.39 is 0 Å². The molecule has 0 radical (unpaired) electrons. The van der Waals surface area contributed by atoms with Gasteiger partial charge in [-0.1, -0.05) is 5.16 Å². The zero-order valence-corrected chi connectivity index (χ0v) is 13.9. The summed E-state index contributed by atoms with van der Waals surface area (Å²) in [5.74, 6) is 1.32. The molecule has 2 aliphatic heterocycles. The standard InChI is InChI=1S/C15H21N7O2/c1-11-17-14(18-24-11)10-20-4-3-12(8-20)22-9-13(7-16-22)21-6-5-19(2)15(21)23/h7,9,12H,3-6,8,10H2,1-2H3. The van der Waals surface area contributed by atoms with E-state index in [1.807, 2.05) is 17.9 Å². The van der Waals surface area contributed by atoms with Gasteiger partial charge in [-0.15, -0.1) is 0 Å². The Morgan fingerprint density at radius 2 is 2.21 bits per heavy atom. The van der Waals surface area contributed by atoms with Crippen molar-refractivity contribution in [1.82, 2.24) is 29.7 Å². The number of hydrogen-bond donors (Lipinski definition) is 0. The molecule has 4 rings (SSSR count). The highest BCUT2D eigenvalue weighted by molar-refractivity contribution is 5.93. The summed E-state index contributed by atoms with van der Waals surface area (Å²) in [6.45, 7) is 5.82. The molecule has 2 amide bonds. The number of hydrogen-bond acceptors (Lipinski definition) is 6. The van der Waals surface area contributed by atoms with Gasteiger partial charge in [0.2, 0.25) is 5.89 Å². The van der Waals surface area contributed by atoms with Crippen molar-refractivity contribution in [1.29, 1.82) is 0 Å². The monoisotopic (exact) mass is 331 g/mol. The van der Waals surface area contributed by atoms with E-state index >= 15 is 0 Å². The lowest BCUT2D eigenvalue weighted by Crippen LogP contribution is -2.28. The quantitative estimate of drug-likeness (QED) is 0.827. The molecule has 0 bridgehead atoms. The summed E-state index contributed by atoms with van der Waals surface area (Å²) in [4.78, 5) is 22.1. The van der Waals surface area contributed by atoms with Crippen LogP contribution in [-0.2, 0) is 6.54 Å². The minimum atomic E-state index is 0.0371. The fourth-order valence-electron chi connectivity index (χ4n) is 3.33. The lowest BCUT2D eigenvalue weighted by molar-refractivity contribution is 0.229. The summed E-state index contributed by atoms with van der Waals surface area (Å²) >= 11 is 0. The fraction of sp³-hybridized carbons (Fsp3) is 0.600. The maximum atomic E-state index is 12.1. The van der Waals surface area contributed by atoms with Gasteiger partial charge in [0.1, 0.15) is 0 Å². The first-order valence-corrected chi connectivity index (χ1v) is 8.18. The Morgan fingerprint density at radius 1 is 1.33 bits per heavy atom. The van der Waals surface area contributed by atoms with Gasteiger partial charge in [0.15, 0.2) is 5.82 Å². The van der Waals surface area contributed by atoms with E-state index in [1.165, 1.54) is 0 Å². The first-order chi connectivity index (χ1) is 11.6. The number of nitrogens with zero attached hydrogens (tertiary/aromatic N) is 7. The predicted octanol–water partition coefficient (Wildman–Crippen LogP) is 0.893. The molecule has 2 fully saturated rings. The van der Waals surface area contributed by atoms with Crippen LogP contribution < -0.4 is 4.90 Å². The average molecular weight is 331 g/mol. The largest absolute Gasteiger partial charge is 0.340 e. The smallest absolute Gasteiger partial charge is 0.324 e. The molecule has 1 atom stereocenters. The van der Waals surface area contributed by atoms with Crippen molar-refractivity contribution in [2.45, 2.75) is 25.9 Å². The number of urea groups is 1. The molecule has 2 aromatic heterocycles. The summed E-state index contributed by atoms with van der Waals surface area (Å²) in [6, 6.07) is 0.345. The van der Waals surface area contributed by atoms with Crippen molar-refractivity contribution in [2.24, 2.45) is 0 Å². The number of likely N-dealkylation sites (N-methyl/N-ethyl adjacent to an activating group) is 1. The van der Waals surface area contributed by atoms with Crippen LogP contribution in [0.1, 0.15) is 24.2 Å². The topological polar surface area (TPSA) is 83.5 Å². The summed E-state index contributed by atoms with van der Waals surface area (Å²) < 4.78 is 6.99. The van der Waals surface area contributed by atoms with E-state index in [1.54, 1.807) is 22.9 Å². The molecule has 0 aromatic carbocycles. The Labute approximate surface area is 139 Å². The van der Waals surface area contributed by atoms with E-state index in [0.717, 1.165) is 44.1 Å². The van der Waals surface area contributed by atoms with Gasteiger partial charge in [0.25, 0.3) is 0 Å². The van der Waals surface area contributed by atoms with Gasteiger partial charge in [-0.2, -0.15) is 10.1 Å². The molecule has 0 N–H and O–H groups in total. The molecular formula is C15H21N7O2. The summed E-state index contributed by atoms with van der Waals surface area (Å²) in [7, 11) is 1.82. The molecule has 2 aromatic rings. The van der Waals surface area contributed by atoms with Crippen LogP contribution in [0, 0.1) is 6.92 Å². The SMILES string of the molecule is Cc1nc(CN2CCC(n3cc(N4CCN(C)C4=O)cn3)C2)no1. The molecule has 0 spiro atoms. The second-order valence-electron chi connectivity index (χ2n) is 6.44. The molecule has 2 aliphatic rings. The number of rotatable bonds is 4. The van der Waals surface area contributed by atoms with Crippen molar-refractivity contribution in [3.8, 4) is 0 Å². The van der Waals surface area contributed by atoms with Crippen LogP contribution in [0.5, 0.6) is 0 Å². The molecule has 128 valence electrons. The Balaban J connectivity index is 1.40. The molecular weight excluding hydrogens is 310 g/mol. The van der Waals surface area contributed by atoms with Crippen molar-refractivity contribution in [2.75, 3.05) is 38.1 Å². The van der Waals surface area contributed by atoms with Crippen LogP contribution in [0.2, 0.25) is 0 Å². The third kappa shape index (κ3) is 2.75. The second kappa shape index (κ2) is 5.90. The van der Waals surface area contributed by atoms with E-state index in [-0.39, 0.29) is 6.03 Å². The van der Waals surface area contributed by atoms with Gasteiger partial charge >= 0.3 is 6.03 Å². The molecule has 1 unspecified atom stereocenters. The van der Waals surface area contributed by atoms with Gasteiger partial charge in [-0.3, -0.25) is 14.5 Å². The number of amides is 2. The van der Waals surface area contributed by atoms with Crippen LogP contribution in [0.4, 0.5) is 10.5 Å². The number of anilines is 1. The first kappa shape index (κ1) is 15.1. The highest BCUT2D eigenvalue weighted by Gasteiger charge is 2.30. The average Bonchev–Trinajstić information content (AvgIpc) is 3.31. The molecule has 4 heterocycles. The number of aryl methyl sites for hydroxylation is 1.